The van der Waals surface area contributed by atoms with E-state index < -0.39 is 0 Å². The van der Waals surface area contributed by atoms with Gasteiger partial charge in [-0.1, -0.05) is 38.1 Å². The number of nitrogens with one attached hydrogen (secondary N) is 1. The standard InChI is InChI=1S/C15H21NO2/c1-12(2)15(18)16-10-4-3-5-13-6-8-14(11-17)9-7-13/h6-9,11-12H,3-5,10H2,1-2H3,(H,16,18). The molecule has 0 aromatic heterocycles. The van der Waals surface area contributed by atoms with Gasteiger partial charge in [-0.05, 0) is 24.8 Å². The molecule has 0 fully saturated rings. The zero-order valence-corrected chi connectivity index (χ0v) is 11.1. The van der Waals surface area contributed by atoms with E-state index in [1.165, 1.54) is 5.56 Å². The van der Waals surface area contributed by atoms with Gasteiger partial charge in [0.15, 0.2) is 0 Å². The Morgan fingerprint density at radius 3 is 2.44 bits per heavy atom. The summed E-state index contributed by atoms with van der Waals surface area (Å²) < 4.78 is 0. The molecule has 0 unspecified atom stereocenters. The van der Waals surface area contributed by atoms with Crippen LogP contribution in [0.5, 0.6) is 0 Å². The molecule has 3 nitrogen and oxygen atoms in total. The maximum Gasteiger partial charge on any atom is 0.222 e. The van der Waals surface area contributed by atoms with Gasteiger partial charge in [-0.25, -0.2) is 0 Å². The molecule has 3 heteroatoms. The Morgan fingerprint density at radius 2 is 1.89 bits per heavy atom. The van der Waals surface area contributed by atoms with Crippen molar-refractivity contribution in [1.82, 2.24) is 5.32 Å². The van der Waals surface area contributed by atoms with E-state index in [1.807, 2.05) is 38.1 Å². The lowest BCUT2D eigenvalue weighted by atomic mass is 10.1. The van der Waals surface area contributed by atoms with Crippen molar-refractivity contribution < 1.29 is 9.59 Å². The largest absolute Gasteiger partial charge is 0.356 e. The highest BCUT2D eigenvalue weighted by Crippen LogP contribution is 2.06. The van der Waals surface area contributed by atoms with Crippen molar-refractivity contribution >= 4 is 12.2 Å². The summed E-state index contributed by atoms with van der Waals surface area (Å²) in [6.45, 7) is 4.53. The quantitative estimate of drug-likeness (QED) is 0.594. The molecular weight excluding hydrogens is 226 g/mol. The van der Waals surface area contributed by atoms with Crippen molar-refractivity contribution in [2.75, 3.05) is 6.54 Å². The lowest BCUT2D eigenvalue weighted by Crippen LogP contribution is -2.28. The van der Waals surface area contributed by atoms with Gasteiger partial charge >= 0.3 is 0 Å². The van der Waals surface area contributed by atoms with Gasteiger partial charge in [0.05, 0.1) is 0 Å². The molecule has 1 aromatic rings. The van der Waals surface area contributed by atoms with Gasteiger partial charge < -0.3 is 5.32 Å². The van der Waals surface area contributed by atoms with Crippen molar-refractivity contribution in [3.05, 3.63) is 35.4 Å². The number of aldehydes is 1. The first kappa shape index (κ1) is 14.4. The van der Waals surface area contributed by atoms with Crippen LogP contribution in [0, 0.1) is 5.92 Å². The SMILES string of the molecule is CC(C)C(=O)NCCCCc1ccc(C=O)cc1. The molecular formula is C15H21NO2. The molecule has 1 rings (SSSR count). The van der Waals surface area contributed by atoms with Gasteiger partial charge in [-0.3, -0.25) is 9.59 Å². The predicted molar refractivity (Wildman–Crippen MR) is 72.6 cm³/mol. The van der Waals surface area contributed by atoms with E-state index in [0.29, 0.717) is 5.56 Å². The Morgan fingerprint density at radius 1 is 1.22 bits per heavy atom. The number of unbranched alkanes of at least 4 members (excludes halogenated alkanes) is 1. The third-order valence-corrected chi connectivity index (χ3v) is 2.83. The maximum atomic E-state index is 11.3. The van der Waals surface area contributed by atoms with E-state index in [2.05, 4.69) is 5.32 Å². The number of carbonyl (C=O) groups excluding carboxylic acids is 2. The molecule has 1 N–H and O–H groups in total. The summed E-state index contributed by atoms with van der Waals surface area (Å²) in [5, 5.41) is 2.90. The lowest BCUT2D eigenvalue weighted by Gasteiger charge is -2.07. The van der Waals surface area contributed by atoms with E-state index in [0.717, 1.165) is 32.1 Å². The van der Waals surface area contributed by atoms with Gasteiger partial charge in [-0.15, -0.1) is 0 Å². The number of rotatable bonds is 7. The van der Waals surface area contributed by atoms with Crippen LogP contribution in [-0.2, 0) is 11.2 Å². The zero-order chi connectivity index (χ0) is 13.4. The van der Waals surface area contributed by atoms with E-state index in [9.17, 15) is 9.59 Å². The molecule has 0 aliphatic heterocycles. The van der Waals surface area contributed by atoms with Crippen LogP contribution in [0.15, 0.2) is 24.3 Å². The summed E-state index contributed by atoms with van der Waals surface area (Å²) in [5.74, 6) is 0.172. The molecule has 0 bridgehead atoms. The van der Waals surface area contributed by atoms with Crippen molar-refractivity contribution in [2.24, 2.45) is 5.92 Å². The van der Waals surface area contributed by atoms with Crippen LogP contribution in [0.1, 0.15) is 42.6 Å². The average molecular weight is 247 g/mol. The zero-order valence-electron chi connectivity index (χ0n) is 11.1. The highest BCUT2D eigenvalue weighted by atomic mass is 16.1. The molecule has 0 radical (unpaired) electrons. The lowest BCUT2D eigenvalue weighted by molar-refractivity contribution is -0.123. The van der Waals surface area contributed by atoms with Gasteiger partial charge in [0.1, 0.15) is 6.29 Å². The fraction of sp³-hybridized carbons (Fsp3) is 0.467. The average Bonchev–Trinajstić information content (AvgIpc) is 2.38. The Bertz CT molecular complexity index is 382. The third-order valence-electron chi connectivity index (χ3n) is 2.83. The van der Waals surface area contributed by atoms with Crippen LogP contribution in [-0.4, -0.2) is 18.7 Å². The molecule has 1 aromatic carbocycles. The van der Waals surface area contributed by atoms with Gasteiger partial charge in [0, 0.05) is 18.0 Å². The molecule has 0 aliphatic rings. The number of carbonyl (C=O) groups is 2. The summed E-state index contributed by atoms with van der Waals surface area (Å²) in [5.41, 5.74) is 1.94. The summed E-state index contributed by atoms with van der Waals surface area (Å²) in [6, 6.07) is 7.64. The van der Waals surface area contributed by atoms with Crippen molar-refractivity contribution in [1.29, 1.82) is 0 Å². The molecule has 98 valence electrons. The molecule has 0 aliphatic carbocycles. The van der Waals surface area contributed by atoms with Gasteiger partial charge in [0.25, 0.3) is 0 Å². The highest BCUT2D eigenvalue weighted by Gasteiger charge is 2.04. The van der Waals surface area contributed by atoms with E-state index in [-0.39, 0.29) is 11.8 Å². The monoisotopic (exact) mass is 247 g/mol. The molecule has 0 spiro atoms. The first-order valence-corrected chi connectivity index (χ1v) is 6.45. The third kappa shape index (κ3) is 5.13. The Labute approximate surface area is 109 Å². The van der Waals surface area contributed by atoms with Crippen molar-refractivity contribution in [3.8, 4) is 0 Å². The summed E-state index contributed by atoms with van der Waals surface area (Å²) in [4.78, 5) is 21.8. The number of aryl methyl sites for hydroxylation is 1. The van der Waals surface area contributed by atoms with E-state index in [1.54, 1.807) is 0 Å². The van der Waals surface area contributed by atoms with Crippen molar-refractivity contribution in [2.45, 2.75) is 33.1 Å². The minimum atomic E-state index is 0.0564. The van der Waals surface area contributed by atoms with Crippen LogP contribution in [0.2, 0.25) is 0 Å². The van der Waals surface area contributed by atoms with Crippen LogP contribution >= 0.6 is 0 Å². The van der Waals surface area contributed by atoms with Crippen LogP contribution < -0.4 is 5.32 Å². The number of hydrogen-bond donors (Lipinski definition) is 1. The van der Waals surface area contributed by atoms with Crippen LogP contribution in [0.4, 0.5) is 0 Å². The first-order chi connectivity index (χ1) is 8.63. The Balaban J connectivity index is 2.17. The molecule has 1 amide bonds. The molecule has 0 saturated carbocycles. The second kappa shape index (κ2) is 7.64. The molecule has 0 atom stereocenters. The van der Waals surface area contributed by atoms with Crippen LogP contribution in [0.3, 0.4) is 0 Å². The smallest absolute Gasteiger partial charge is 0.222 e. The van der Waals surface area contributed by atoms with E-state index in [4.69, 9.17) is 0 Å². The second-order valence-electron chi connectivity index (χ2n) is 4.76. The van der Waals surface area contributed by atoms with Gasteiger partial charge in [0.2, 0.25) is 5.91 Å². The highest BCUT2D eigenvalue weighted by molar-refractivity contribution is 5.77. The molecule has 18 heavy (non-hydrogen) atoms. The molecule has 0 heterocycles. The second-order valence-corrected chi connectivity index (χ2v) is 4.76. The number of benzene rings is 1. The number of hydrogen-bond acceptors (Lipinski definition) is 2. The fourth-order valence-electron chi connectivity index (χ4n) is 1.63. The summed E-state index contributed by atoms with van der Waals surface area (Å²) in [7, 11) is 0. The Kier molecular flexibility index (Phi) is 6.12. The Hall–Kier alpha value is -1.64. The predicted octanol–water partition coefficient (Wildman–Crippen LogP) is 2.59. The topological polar surface area (TPSA) is 46.2 Å². The first-order valence-electron chi connectivity index (χ1n) is 6.45. The minimum Gasteiger partial charge on any atom is -0.356 e. The minimum absolute atomic E-state index is 0.0564. The normalized spacial score (nSPS) is 10.4. The summed E-state index contributed by atoms with van der Waals surface area (Å²) >= 11 is 0. The van der Waals surface area contributed by atoms with E-state index >= 15 is 0 Å². The number of amides is 1. The van der Waals surface area contributed by atoms with Gasteiger partial charge in [-0.2, -0.15) is 0 Å². The van der Waals surface area contributed by atoms with Crippen molar-refractivity contribution in [3.63, 3.8) is 0 Å². The fourth-order valence-corrected chi connectivity index (χ4v) is 1.63. The van der Waals surface area contributed by atoms with Crippen LogP contribution in [0.25, 0.3) is 0 Å². The summed E-state index contributed by atoms with van der Waals surface area (Å²) in [6.07, 6.45) is 3.86. The maximum absolute atomic E-state index is 11.3. The molecule has 0 saturated heterocycles.